The fraction of sp³-hybridized carbons (Fsp3) is 0.500. The van der Waals surface area contributed by atoms with Crippen molar-refractivity contribution in [2.45, 2.75) is 40.0 Å². The fourth-order valence-electron chi connectivity index (χ4n) is 3.03. The van der Waals surface area contributed by atoms with Gasteiger partial charge in [-0.05, 0) is 37.3 Å². The van der Waals surface area contributed by atoms with Crippen molar-refractivity contribution in [3.8, 4) is 0 Å². The van der Waals surface area contributed by atoms with E-state index in [9.17, 15) is 4.79 Å². The smallest absolute Gasteiger partial charge is 0.199 e. The van der Waals surface area contributed by atoms with Crippen molar-refractivity contribution >= 4 is 16.9 Å². The van der Waals surface area contributed by atoms with Crippen LogP contribution in [-0.2, 0) is 0 Å². The second-order valence-electron chi connectivity index (χ2n) is 6.60. The zero-order valence-electron chi connectivity index (χ0n) is 13.1. The van der Waals surface area contributed by atoms with Gasteiger partial charge in [-0.1, -0.05) is 31.9 Å². The van der Waals surface area contributed by atoms with E-state index >= 15 is 0 Å². The third-order valence-corrected chi connectivity index (χ3v) is 5.01. The average molecular weight is 285 g/mol. The van der Waals surface area contributed by atoms with Gasteiger partial charge in [0.1, 0.15) is 5.58 Å². The summed E-state index contributed by atoms with van der Waals surface area (Å²) < 4.78 is 5.96. The lowest BCUT2D eigenvalue weighted by Crippen LogP contribution is -2.38. The third kappa shape index (κ3) is 2.69. The van der Waals surface area contributed by atoms with E-state index in [-0.39, 0.29) is 5.43 Å². The van der Waals surface area contributed by atoms with E-state index in [1.54, 1.807) is 6.07 Å². The van der Waals surface area contributed by atoms with E-state index in [4.69, 9.17) is 4.42 Å². The first-order valence-electron chi connectivity index (χ1n) is 7.80. The monoisotopic (exact) mass is 285 g/mol. The van der Waals surface area contributed by atoms with Gasteiger partial charge in [0.15, 0.2) is 11.3 Å². The Morgan fingerprint density at radius 1 is 1.24 bits per heavy atom. The maximum Gasteiger partial charge on any atom is 0.199 e. The molecule has 1 aliphatic rings. The molecule has 1 aromatic carbocycles. The van der Waals surface area contributed by atoms with Crippen molar-refractivity contribution in [1.29, 1.82) is 0 Å². The lowest BCUT2D eigenvalue weighted by molar-refractivity contribution is 0.234. The Balaban J connectivity index is 1.92. The number of anilines is 1. The van der Waals surface area contributed by atoms with Crippen LogP contribution in [0.5, 0.6) is 0 Å². The van der Waals surface area contributed by atoms with Crippen LogP contribution in [0.2, 0.25) is 0 Å². The van der Waals surface area contributed by atoms with Crippen LogP contribution in [-0.4, -0.2) is 13.1 Å². The molecular weight excluding hydrogens is 262 g/mol. The molecule has 3 rings (SSSR count). The maximum absolute atomic E-state index is 12.3. The van der Waals surface area contributed by atoms with Gasteiger partial charge in [0.05, 0.1) is 5.39 Å². The second kappa shape index (κ2) is 5.21. The molecule has 0 aliphatic carbocycles. The number of hydrogen-bond acceptors (Lipinski definition) is 3. The molecule has 1 aromatic heterocycles. The van der Waals surface area contributed by atoms with Crippen LogP contribution in [0.4, 0.5) is 5.88 Å². The van der Waals surface area contributed by atoms with Crippen molar-refractivity contribution in [3.05, 3.63) is 40.1 Å². The Hall–Kier alpha value is -1.77. The molecule has 3 nitrogen and oxygen atoms in total. The van der Waals surface area contributed by atoms with E-state index in [1.807, 2.05) is 25.1 Å². The molecule has 2 aromatic rings. The van der Waals surface area contributed by atoms with Crippen LogP contribution in [0, 0.1) is 12.3 Å². The predicted molar refractivity (Wildman–Crippen MR) is 87.1 cm³/mol. The third-order valence-electron chi connectivity index (χ3n) is 5.01. The fourth-order valence-corrected chi connectivity index (χ4v) is 3.03. The Labute approximate surface area is 125 Å². The van der Waals surface area contributed by atoms with Gasteiger partial charge in [-0.15, -0.1) is 0 Å². The molecule has 0 amide bonds. The largest absolute Gasteiger partial charge is 0.440 e. The van der Waals surface area contributed by atoms with Gasteiger partial charge in [0.25, 0.3) is 0 Å². The molecule has 1 fully saturated rings. The van der Waals surface area contributed by atoms with Gasteiger partial charge in [-0.25, -0.2) is 0 Å². The standard InChI is InChI=1S/C18H23NO2/c1-4-18(3)7-9-19(10-8-18)17-12-15(20)14-11-13(2)5-6-16(14)21-17/h5-6,11-12H,4,7-10H2,1-3H3. The molecule has 3 heteroatoms. The van der Waals surface area contributed by atoms with Gasteiger partial charge in [0.2, 0.25) is 0 Å². The van der Waals surface area contributed by atoms with Crippen molar-refractivity contribution in [3.63, 3.8) is 0 Å². The zero-order valence-corrected chi connectivity index (χ0v) is 13.1. The van der Waals surface area contributed by atoms with Crippen LogP contribution in [0.15, 0.2) is 33.5 Å². The number of benzene rings is 1. The molecule has 112 valence electrons. The summed E-state index contributed by atoms with van der Waals surface area (Å²) in [6.45, 7) is 8.52. The molecule has 0 saturated carbocycles. The van der Waals surface area contributed by atoms with Crippen LogP contribution < -0.4 is 10.3 Å². The van der Waals surface area contributed by atoms with Gasteiger partial charge in [-0.3, -0.25) is 4.79 Å². The van der Waals surface area contributed by atoms with Gasteiger partial charge >= 0.3 is 0 Å². The minimum Gasteiger partial charge on any atom is -0.440 e. The molecule has 0 spiro atoms. The summed E-state index contributed by atoms with van der Waals surface area (Å²) in [6, 6.07) is 7.43. The summed E-state index contributed by atoms with van der Waals surface area (Å²) in [5.41, 5.74) is 2.26. The van der Waals surface area contributed by atoms with Crippen LogP contribution in [0.3, 0.4) is 0 Å². The SMILES string of the molecule is CCC1(C)CCN(c2cc(=O)c3cc(C)ccc3o2)CC1. The summed E-state index contributed by atoms with van der Waals surface area (Å²) in [7, 11) is 0. The lowest BCUT2D eigenvalue weighted by atomic mass is 9.78. The average Bonchev–Trinajstić information content (AvgIpc) is 2.48. The number of aryl methyl sites for hydroxylation is 1. The van der Waals surface area contributed by atoms with Crippen molar-refractivity contribution in [2.24, 2.45) is 5.41 Å². The minimum atomic E-state index is 0.0544. The number of rotatable bonds is 2. The lowest BCUT2D eigenvalue weighted by Gasteiger charge is -2.39. The molecule has 21 heavy (non-hydrogen) atoms. The molecule has 0 atom stereocenters. The minimum absolute atomic E-state index is 0.0544. The highest BCUT2D eigenvalue weighted by Crippen LogP contribution is 2.35. The molecule has 0 N–H and O–H groups in total. The Morgan fingerprint density at radius 2 is 1.95 bits per heavy atom. The van der Waals surface area contributed by atoms with E-state index in [0.717, 1.165) is 37.4 Å². The Bertz CT molecular complexity index is 709. The first kappa shape index (κ1) is 14.2. The van der Waals surface area contributed by atoms with Crippen molar-refractivity contribution < 1.29 is 4.42 Å². The molecule has 1 aliphatic heterocycles. The second-order valence-corrected chi connectivity index (χ2v) is 6.60. The molecule has 2 heterocycles. The molecule has 0 unspecified atom stereocenters. The quantitative estimate of drug-likeness (QED) is 0.832. The first-order chi connectivity index (χ1) is 10.0. The van der Waals surface area contributed by atoms with Crippen molar-refractivity contribution in [1.82, 2.24) is 0 Å². The van der Waals surface area contributed by atoms with E-state index in [1.165, 1.54) is 6.42 Å². The Kier molecular flexibility index (Phi) is 3.52. The Morgan fingerprint density at radius 3 is 2.62 bits per heavy atom. The first-order valence-corrected chi connectivity index (χ1v) is 7.80. The summed E-state index contributed by atoms with van der Waals surface area (Å²) in [6.07, 6.45) is 3.51. The highest BCUT2D eigenvalue weighted by molar-refractivity contribution is 5.78. The number of fused-ring (bicyclic) bond motifs is 1. The zero-order chi connectivity index (χ0) is 15.0. The molecular formula is C18H23NO2. The van der Waals surface area contributed by atoms with Crippen LogP contribution in [0.1, 0.15) is 38.7 Å². The van der Waals surface area contributed by atoms with Gasteiger partial charge in [0, 0.05) is 19.2 Å². The van der Waals surface area contributed by atoms with Crippen molar-refractivity contribution in [2.75, 3.05) is 18.0 Å². The highest BCUT2D eigenvalue weighted by atomic mass is 16.4. The topological polar surface area (TPSA) is 33.5 Å². The van der Waals surface area contributed by atoms with Gasteiger partial charge < -0.3 is 9.32 Å². The van der Waals surface area contributed by atoms with Crippen LogP contribution >= 0.6 is 0 Å². The predicted octanol–water partition coefficient (Wildman–Crippen LogP) is 4.12. The summed E-state index contributed by atoms with van der Waals surface area (Å²) >= 11 is 0. The summed E-state index contributed by atoms with van der Waals surface area (Å²) in [4.78, 5) is 14.5. The van der Waals surface area contributed by atoms with Crippen LogP contribution in [0.25, 0.3) is 11.0 Å². The van der Waals surface area contributed by atoms with E-state index in [2.05, 4.69) is 18.7 Å². The number of hydrogen-bond donors (Lipinski definition) is 0. The molecule has 1 saturated heterocycles. The molecule has 0 radical (unpaired) electrons. The highest BCUT2D eigenvalue weighted by Gasteiger charge is 2.29. The van der Waals surface area contributed by atoms with Gasteiger partial charge in [-0.2, -0.15) is 0 Å². The maximum atomic E-state index is 12.3. The normalized spacial score (nSPS) is 18.1. The van der Waals surface area contributed by atoms with E-state index in [0.29, 0.717) is 16.4 Å². The van der Waals surface area contributed by atoms with E-state index < -0.39 is 0 Å². The number of piperidine rings is 1. The number of nitrogens with zero attached hydrogens (tertiary/aromatic N) is 1. The summed E-state index contributed by atoms with van der Waals surface area (Å²) in [5.74, 6) is 0.717. The summed E-state index contributed by atoms with van der Waals surface area (Å²) in [5, 5.41) is 0.675. The molecule has 0 bridgehead atoms.